The molecule has 5 rings (SSSR count). The van der Waals surface area contributed by atoms with Crippen molar-refractivity contribution in [1.29, 1.82) is 0 Å². The number of benzene rings is 3. The van der Waals surface area contributed by atoms with E-state index in [1.807, 2.05) is 0 Å². The summed E-state index contributed by atoms with van der Waals surface area (Å²) >= 11 is 0. The summed E-state index contributed by atoms with van der Waals surface area (Å²) in [5.74, 6) is 2.37. The van der Waals surface area contributed by atoms with Crippen LogP contribution in [0.15, 0.2) is 91.0 Å². The predicted octanol–water partition coefficient (Wildman–Crippen LogP) is 5.88. The molecule has 0 aliphatic heterocycles. The molecular formula is C25H23. The largest absolute Gasteiger partial charge is 0.0622 e. The lowest BCUT2D eigenvalue weighted by Gasteiger charge is -2.19. The van der Waals surface area contributed by atoms with Crippen LogP contribution in [0.1, 0.15) is 29.5 Å². The summed E-state index contributed by atoms with van der Waals surface area (Å²) in [5, 5.41) is 0. The summed E-state index contributed by atoms with van der Waals surface area (Å²) in [5.41, 5.74) is 4.61. The van der Waals surface area contributed by atoms with E-state index in [1.54, 1.807) is 0 Å². The summed E-state index contributed by atoms with van der Waals surface area (Å²) in [6, 6.07) is 33.1. The minimum absolute atomic E-state index is 0.243. The highest BCUT2D eigenvalue weighted by molar-refractivity contribution is 5.48. The van der Waals surface area contributed by atoms with Crippen LogP contribution < -0.4 is 0 Å². The number of rotatable bonds is 5. The fraction of sp³-hybridized carbons (Fsp3) is 0.240. The SMILES string of the molecule is [CH](c1ccccc1)[C@@H]1C[C@H]1[C@@H]1CC1(c1ccccc1)c1ccccc1. The molecule has 2 aliphatic carbocycles. The van der Waals surface area contributed by atoms with Crippen LogP contribution in [-0.4, -0.2) is 0 Å². The number of hydrogen-bond acceptors (Lipinski definition) is 0. The molecule has 0 spiro atoms. The molecule has 0 N–H and O–H groups in total. The van der Waals surface area contributed by atoms with E-state index in [0.29, 0.717) is 0 Å². The van der Waals surface area contributed by atoms with Gasteiger partial charge in [0.2, 0.25) is 0 Å². The normalized spacial score (nSPS) is 26.2. The first-order valence-electron chi connectivity index (χ1n) is 9.39. The fourth-order valence-electron chi connectivity index (χ4n) is 4.81. The zero-order valence-corrected chi connectivity index (χ0v) is 14.4. The molecule has 25 heavy (non-hydrogen) atoms. The van der Waals surface area contributed by atoms with Crippen molar-refractivity contribution in [1.82, 2.24) is 0 Å². The van der Waals surface area contributed by atoms with Gasteiger partial charge in [-0.25, -0.2) is 0 Å². The molecule has 3 aromatic carbocycles. The molecule has 3 aromatic rings. The van der Waals surface area contributed by atoms with E-state index in [2.05, 4.69) is 97.4 Å². The molecule has 2 fully saturated rings. The van der Waals surface area contributed by atoms with Gasteiger partial charge in [0.1, 0.15) is 0 Å². The second kappa shape index (κ2) is 5.88. The standard InChI is InChI=1S/C25H23/c1-4-10-19(11-5-1)16-20-17-23(20)24-18-25(24,21-12-6-2-7-13-21)22-14-8-3-9-15-22/h1-16,20,23-24H,17-18H2/t20-,23-,24+/m1/s1. The third-order valence-corrected chi connectivity index (χ3v) is 6.21. The molecule has 0 saturated heterocycles. The van der Waals surface area contributed by atoms with Crippen molar-refractivity contribution in [3.8, 4) is 0 Å². The van der Waals surface area contributed by atoms with Gasteiger partial charge in [0, 0.05) is 5.41 Å². The molecule has 2 aliphatic rings. The maximum absolute atomic E-state index is 2.49. The summed E-state index contributed by atoms with van der Waals surface area (Å²) in [6.07, 6.45) is 5.13. The fourth-order valence-corrected chi connectivity index (χ4v) is 4.81. The Morgan fingerprint density at radius 3 is 1.76 bits per heavy atom. The van der Waals surface area contributed by atoms with Gasteiger partial charge in [-0.05, 0) is 53.7 Å². The molecule has 0 heteroatoms. The third kappa shape index (κ3) is 2.61. The third-order valence-electron chi connectivity index (χ3n) is 6.21. The summed E-state index contributed by atoms with van der Waals surface area (Å²) in [7, 11) is 0. The molecule has 0 heterocycles. The topological polar surface area (TPSA) is 0 Å². The second-order valence-corrected chi connectivity index (χ2v) is 7.65. The van der Waals surface area contributed by atoms with E-state index in [9.17, 15) is 0 Å². The van der Waals surface area contributed by atoms with Gasteiger partial charge in [0.25, 0.3) is 0 Å². The van der Waals surface area contributed by atoms with Crippen molar-refractivity contribution in [3.63, 3.8) is 0 Å². The van der Waals surface area contributed by atoms with Crippen LogP contribution in [0.5, 0.6) is 0 Å². The second-order valence-electron chi connectivity index (χ2n) is 7.65. The van der Waals surface area contributed by atoms with Crippen LogP contribution in [0.3, 0.4) is 0 Å². The van der Waals surface area contributed by atoms with Crippen molar-refractivity contribution >= 4 is 0 Å². The Balaban J connectivity index is 1.40. The average molecular weight is 323 g/mol. The highest BCUT2D eigenvalue weighted by Crippen LogP contribution is 2.69. The quantitative estimate of drug-likeness (QED) is 0.550. The Hall–Kier alpha value is -2.34. The van der Waals surface area contributed by atoms with Crippen molar-refractivity contribution in [3.05, 3.63) is 114 Å². The highest BCUT2D eigenvalue weighted by atomic mass is 14.7. The van der Waals surface area contributed by atoms with Crippen LogP contribution in [0.2, 0.25) is 0 Å². The molecule has 2 saturated carbocycles. The Kier molecular flexibility index (Phi) is 3.52. The first kappa shape index (κ1) is 15.0. The summed E-state index contributed by atoms with van der Waals surface area (Å²) in [6.45, 7) is 0. The van der Waals surface area contributed by atoms with Crippen molar-refractivity contribution in [2.75, 3.05) is 0 Å². The van der Waals surface area contributed by atoms with Gasteiger partial charge in [-0.3, -0.25) is 0 Å². The van der Waals surface area contributed by atoms with Crippen LogP contribution in [0.4, 0.5) is 0 Å². The van der Waals surface area contributed by atoms with E-state index in [1.165, 1.54) is 29.5 Å². The molecule has 3 atom stereocenters. The zero-order chi connectivity index (χ0) is 16.7. The van der Waals surface area contributed by atoms with Crippen LogP contribution >= 0.6 is 0 Å². The Morgan fingerprint density at radius 1 is 0.680 bits per heavy atom. The first-order chi connectivity index (χ1) is 12.4. The molecule has 0 unspecified atom stereocenters. The minimum Gasteiger partial charge on any atom is -0.0622 e. The van der Waals surface area contributed by atoms with E-state index < -0.39 is 0 Å². The molecule has 1 radical (unpaired) electrons. The van der Waals surface area contributed by atoms with Gasteiger partial charge in [-0.2, -0.15) is 0 Å². The van der Waals surface area contributed by atoms with Gasteiger partial charge >= 0.3 is 0 Å². The molecule has 0 aromatic heterocycles. The van der Waals surface area contributed by atoms with E-state index in [-0.39, 0.29) is 5.41 Å². The van der Waals surface area contributed by atoms with Gasteiger partial charge in [0.05, 0.1) is 0 Å². The lowest BCUT2D eigenvalue weighted by molar-refractivity contribution is 0.594. The van der Waals surface area contributed by atoms with Crippen molar-refractivity contribution in [2.24, 2.45) is 17.8 Å². The Bertz CT molecular complexity index is 795. The van der Waals surface area contributed by atoms with Gasteiger partial charge in [0.15, 0.2) is 0 Å². The van der Waals surface area contributed by atoms with E-state index in [0.717, 1.165) is 17.8 Å². The molecule has 0 nitrogen and oxygen atoms in total. The zero-order valence-electron chi connectivity index (χ0n) is 14.4. The molecule has 123 valence electrons. The van der Waals surface area contributed by atoms with E-state index >= 15 is 0 Å². The number of hydrogen-bond donors (Lipinski definition) is 0. The van der Waals surface area contributed by atoms with Crippen LogP contribution in [0.25, 0.3) is 0 Å². The van der Waals surface area contributed by atoms with Crippen molar-refractivity contribution in [2.45, 2.75) is 18.3 Å². The molecular weight excluding hydrogens is 300 g/mol. The molecule has 0 bridgehead atoms. The van der Waals surface area contributed by atoms with Crippen LogP contribution in [0, 0.1) is 24.2 Å². The molecule has 0 amide bonds. The monoisotopic (exact) mass is 323 g/mol. The van der Waals surface area contributed by atoms with Crippen LogP contribution in [-0.2, 0) is 5.41 Å². The highest BCUT2D eigenvalue weighted by Gasteiger charge is 2.64. The maximum atomic E-state index is 2.49. The summed E-state index contributed by atoms with van der Waals surface area (Å²) in [4.78, 5) is 0. The van der Waals surface area contributed by atoms with Gasteiger partial charge < -0.3 is 0 Å². The maximum Gasteiger partial charge on any atom is 0.0237 e. The van der Waals surface area contributed by atoms with Gasteiger partial charge in [-0.15, -0.1) is 0 Å². The van der Waals surface area contributed by atoms with Gasteiger partial charge in [-0.1, -0.05) is 91.0 Å². The lowest BCUT2D eigenvalue weighted by Crippen LogP contribution is -2.13. The predicted molar refractivity (Wildman–Crippen MR) is 103 cm³/mol. The lowest BCUT2D eigenvalue weighted by atomic mass is 9.84. The minimum atomic E-state index is 0.243. The Morgan fingerprint density at radius 2 is 1.20 bits per heavy atom. The average Bonchev–Trinajstić information content (AvgIpc) is 3.59. The smallest absolute Gasteiger partial charge is 0.0237 e. The summed E-state index contributed by atoms with van der Waals surface area (Å²) < 4.78 is 0. The van der Waals surface area contributed by atoms with Crippen molar-refractivity contribution < 1.29 is 0 Å². The van der Waals surface area contributed by atoms with E-state index in [4.69, 9.17) is 0 Å². The first-order valence-corrected chi connectivity index (χ1v) is 9.39. The Labute approximate surface area is 150 Å².